The second-order valence-corrected chi connectivity index (χ2v) is 6.99. The third kappa shape index (κ3) is 3.58. The van der Waals surface area contributed by atoms with Gasteiger partial charge in [-0.05, 0) is 38.8 Å². The van der Waals surface area contributed by atoms with E-state index in [9.17, 15) is 0 Å². The molecule has 0 saturated carbocycles. The van der Waals surface area contributed by atoms with E-state index in [4.69, 9.17) is 0 Å². The van der Waals surface area contributed by atoms with Crippen LogP contribution in [0.25, 0.3) is 0 Å². The largest absolute Gasteiger partial charge is 0.370 e. The van der Waals surface area contributed by atoms with Gasteiger partial charge in [-0.15, -0.1) is 10.2 Å². The maximum absolute atomic E-state index is 4.49. The summed E-state index contributed by atoms with van der Waals surface area (Å²) in [5.41, 5.74) is 1.05. The first-order valence-corrected chi connectivity index (χ1v) is 8.64. The van der Waals surface area contributed by atoms with Crippen LogP contribution >= 0.6 is 34.9 Å². The van der Waals surface area contributed by atoms with Crippen molar-refractivity contribution in [2.45, 2.75) is 34.5 Å². The van der Waals surface area contributed by atoms with Crippen LogP contribution in [0.5, 0.6) is 0 Å². The van der Waals surface area contributed by atoms with Gasteiger partial charge < -0.3 is 5.32 Å². The van der Waals surface area contributed by atoms with Crippen molar-refractivity contribution < 1.29 is 0 Å². The molecule has 2 heterocycles. The molecule has 0 fully saturated rings. The van der Waals surface area contributed by atoms with Crippen molar-refractivity contribution in [2.24, 2.45) is 0 Å². The molecule has 2 rings (SSSR count). The molecule has 0 aliphatic carbocycles. The fourth-order valence-electron chi connectivity index (χ4n) is 1.45. The summed E-state index contributed by atoms with van der Waals surface area (Å²) in [5.74, 6) is 1.66. The third-order valence-electron chi connectivity index (χ3n) is 2.30. The van der Waals surface area contributed by atoms with Crippen molar-refractivity contribution in [3.05, 3.63) is 11.4 Å². The molecule has 0 radical (unpaired) electrons. The molecular formula is C11H15N5S3. The number of nitrogens with zero attached hydrogens (tertiary/aromatic N) is 4. The van der Waals surface area contributed by atoms with Crippen LogP contribution in [0.1, 0.15) is 18.3 Å². The lowest BCUT2D eigenvalue weighted by Crippen LogP contribution is -2.05. The zero-order valence-corrected chi connectivity index (χ0v) is 13.7. The van der Waals surface area contributed by atoms with E-state index in [1.807, 2.05) is 20.1 Å². The fourth-order valence-corrected chi connectivity index (χ4v) is 3.92. The molecule has 0 unspecified atom stereocenters. The number of hydrogen-bond donors (Lipinski definition) is 1. The summed E-state index contributed by atoms with van der Waals surface area (Å²) in [6, 6.07) is 0. The maximum Gasteiger partial charge on any atom is 0.181 e. The lowest BCUT2D eigenvalue weighted by molar-refractivity contribution is 0.923. The predicted molar refractivity (Wildman–Crippen MR) is 81.5 cm³/mol. The number of thioether (sulfide) groups is 1. The van der Waals surface area contributed by atoms with Crippen LogP contribution in [-0.2, 0) is 0 Å². The molecule has 0 aliphatic rings. The van der Waals surface area contributed by atoms with Crippen LogP contribution in [0.15, 0.2) is 13.7 Å². The van der Waals surface area contributed by atoms with Gasteiger partial charge in [0, 0.05) is 12.1 Å². The molecule has 102 valence electrons. The average molecular weight is 313 g/mol. The topological polar surface area (TPSA) is 63.6 Å². The Bertz CT molecular complexity index is 569. The lowest BCUT2D eigenvalue weighted by atomic mass is 10.3. The van der Waals surface area contributed by atoms with Crippen molar-refractivity contribution in [1.29, 1.82) is 0 Å². The molecule has 0 bridgehead atoms. The van der Waals surface area contributed by atoms with Gasteiger partial charge >= 0.3 is 0 Å². The first-order chi connectivity index (χ1) is 9.13. The van der Waals surface area contributed by atoms with Gasteiger partial charge in [-0.2, -0.15) is 0 Å². The van der Waals surface area contributed by atoms with E-state index in [1.165, 1.54) is 0 Å². The van der Waals surface area contributed by atoms with Crippen LogP contribution < -0.4 is 5.32 Å². The fraction of sp³-hybridized carbons (Fsp3) is 0.455. The highest BCUT2D eigenvalue weighted by Crippen LogP contribution is 2.34. The Morgan fingerprint density at radius 1 is 1.16 bits per heavy atom. The molecule has 0 amide bonds. The van der Waals surface area contributed by atoms with Crippen LogP contribution in [0.4, 0.5) is 5.82 Å². The monoisotopic (exact) mass is 313 g/mol. The van der Waals surface area contributed by atoms with Crippen molar-refractivity contribution in [1.82, 2.24) is 20.2 Å². The van der Waals surface area contributed by atoms with Gasteiger partial charge in [0.05, 0.1) is 0 Å². The number of anilines is 1. The molecule has 19 heavy (non-hydrogen) atoms. The van der Waals surface area contributed by atoms with Crippen molar-refractivity contribution in [3.63, 3.8) is 0 Å². The predicted octanol–water partition coefficient (Wildman–Crippen LogP) is 3.25. The summed E-state index contributed by atoms with van der Waals surface area (Å²) in [6.45, 7) is 6.82. The van der Waals surface area contributed by atoms with E-state index in [-0.39, 0.29) is 0 Å². The standard InChI is InChI=1S/C11H15N5S3/c1-5-12-8-6(2)9(14-7(3)13-8)18-11-16-15-10(17-4)19-11/h5H2,1-4H3,(H,12,13,14). The van der Waals surface area contributed by atoms with E-state index in [0.29, 0.717) is 0 Å². The number of nitrogens with one attached hydrogen (secondary N) is 1. The van der Waals surface area contributed by atoms with Crippen molar-refractivity contribution in [2.75, 3.05) is 18.1 Å². The van der Waals surface area contributed by atoms with Gasteiger partial charge in [0.15, 0.2) is 8.68 Å². The number of aryl methyl sites for hydroxylation is 1. The SMILES string of the molecule is CCNc1nc(C)nc(Sc2nnc(SC)s2)c1C. The van der Waals surface area contributed by atoms with E-state index in [2.05, 4.69) is 32.4 Å². The van der Waals surface area contributed by atoms with Gasteiger partial charge in [-0.25, -0.2) is 9.97 Å². The van der Waals surface area contributed by atoms with Crippen LogP contribution in [0.2, 0.25) is 0 Å². The van der Waals surface area contributed by atoms with Crippen LogP contribution in [0.3, 0.4) is 0 Å². The Balaban J connectivity index is 2.28. The Hall–Kier alpha value is -0.860. The van der Waals surface area contributed by atoms with Gasteiger partial charge in [-0.3, -0.25) is 0 Å². The number of aromatic nitrogens is 4. The molecule has 1 N–H and O–H groups in total. The zero-order valence-electron chi connectivity index (χ0n) is 11.2. The smallest absolute Gasteiger partial charge is 0.181 e. The molecule has 0 atom stereocenters. The average Bonchev–Trinajstić information content (AvgIpc) is 2.83. The molecule has 0 aromatic carbocycles. The van der Waals surface area contributed by atoms with E-state index >= 15 is 0 Å². The zero-order chi connectivity index (χ0) is 13.8. The normalized spacial score (nSPS) is 10.7. The summed E-state index contributed by atoms with van der Waals surface area (Å²) in [5, 5.41) is 12.4. The number of hydrogen-bond acceptors (Lipinski definition) is 8. The summed E-state index contributed by atoms with van der Waals surface area (Å²) in [7, 11) is 0. The van der Waals surface area contributed by atoms with E-state index in [0.717, 1.165) is 37.5 Å². The molecule has 0 aliphatic heterocycles. The van der Waals surface area contributed by atoms with Crippen LogP contribution in [0, 0.1) is 13.8 Å². The minimum atomic E-state index is 0.763. The van der Waals surface area contributed by atoms with Crippen molar-refractivity contribution >= 4 is 40.7 Å². The second-order valence-electron chi connectivity index (χ2n) is 3.72. The highest BCUT2D eigenvalue weighted by molar-refractivity contribution is 8.03. The molecule has 2 aromatic rings. The minimum Gasteiger partial charge on any atom is -0.370 e. The summed E-state index contributed by atoms with van der Waals surface area (Å²) in [6.07, 6.45) is 2.00. The Morgan fingerprint density at radius 3 is 2.53 bits per heavy atom. The summed E-state index contributed by atoms with van der Waals surface area (Å²) >= 11 is 4.73. The Kier molecular flexibility index (Phi) is 5.00. The summed E-state index contributed by atoms with van der Waals surface area (Å²) in [4.78, 5) is 8.90. The van der Waals surface area contributed by atoms with Gasteiger partial charge in [0.2, 0.25) is 0 Å². The number of rotatable bonds is 5. The molecule has 0 spiro atoms. The summed E-state index contributed by atoms with van der Waals surface area (Å²) < 4.78 is 1.88. The first kappa shape index (κ1) is 14.5. The third-order valence-corrected chi connectivity index (χ3v) is 5.34. The molecule has 8 heteroatoms. The Morgan fingerprint density at radius 2 is 1.89 bits per heavy atom. The second kappa shape index (κ2) is 6.53. The molecule has 0 saturated heterocycles. The lowest BCUT2D eigenvalue weighted by Gasteiger charge is -2.10. The van der Waals surface area contributed by atoms with E-state index in [1.54, 1.807) is 34.9 Å². The molecule has 2 aromatic heterocycles. The highest BCUT2D eigenvalue weighted by Gasteiger charge is 2.13. The first-order valence-electron chi connectivity index (χ1n) is 5.78. The molecule has 5 nitrogen and oxygen atoms in total. The Labute approximate surface area is 125 Å². The van der Waals surface area contributed by atoms with E-state index < -0.39 is 0 Å². The minimum absolute atomic E-state index is 0.763. The van der Waals surface area contributed by atoms with Gasteiger partial charge in [-0.1, -0.05) is 23.1 Å². The van der Waals surface area contributed by atoms with Gasteiger partial charge in [0.25, 0.3) is 0 Å². The maximum atomic E-state index is 4.49. The van der Waals surface area contributed by atoms with Crippen LogP contribution in [-0.4, -0.2) is 33.0 Å². The highest BCUT2D eigenvalue weighted by atomic mass is 32.2. The quantitative estimate of drug-likeness (QED) is 0.671. The van der Waals surface area contributed by atoms with Crippen molar-refractivity contribution in [3.8, 4) is 0 Å². The molecular weight excluding hydrogens is 298 g/mol. The van der Waals surface area contributed by atoms with Gasteiger partial charge in [0.1, 0.15) is 16.7 Å².